The van der Waals surface area contributed by atoms with Crippen LogP contribution < -0.4 is 5.32 Å². The third-order valence-corrected chi connectivity index (χ3v) is 4.76. The van der Waals surface area contributed by atoms with E-state index in [9.17, 15) is 9.59 Å². The average molecular weight is 340 g/mol. The predicted octanol–water partition coefficient (Wildman–Crippen LogP) is 2.24. The molecule has 132 valence electrons. The van der Waals surface area contributed by atoms with Crippen LogP contribution in [0.3, 0.4) is 0 Å². The Bertz CT molecular complexity index is 796. The Morgan fingerprint density at radius 2 is 2.16 bits per heavy atom. The molecule has 1 saturated heterocycles. The van der Waals surface area contributed by atoms with Gasteiger partial charge in [0.15, 0.2) is 0 Å². The molecule has 1 aromatic heterocycles. The molecule has 2 heterocycles. The van der Waals surface area contributed by atoms with Crippen LogP contribution in [0.1, 0.15) is 32.0 Å². The van der Waals surface area contributed by atoms with E-state index in [1.54, 1.807) is 0 Å². The molecule has 1 aliphatic heterocycles. The van der Waals surface area contributed by atoms with Gasteiger partial charge in [-0.05, 0) is 44.4 Å². The highest BCUT2D eigenvalue weighted by Gasteiger charge is 2.24. The molecule has 25 heavy (non-hydrogen) atoms. The number of rotatable bonds is 5. The first-order valence-electron chi connectivity index (χ1n) is 8.74. The van der Waals surface area contributed by atoms with Crippen LogP contribution in [0.4, 0.5) is 0 Å². The summed E-state index contributed by atoms with van der Waals surface area (Å²) in [5.74, 6) is 0.524. The SMILES string of the molecule is C=CC(=O)NCc1nc2ccccc2n1CC(=O)N1CCCCC1C. The summed E-state index contributed by atoms with van der Waals surface area (Å²) < 4.78 is 1.91. The Kier molecular flexibility index (Phi) is 5.16. The van der Waals surface area contributed by atoms with Crippen molar-refractivity contribution in [1.29, 1.82) is 0 Å². The zero-order valence-corrected chi connectivity index (χ0v) is 14.6. The number of likely N-dealkylation sites (tertiary alicyclic amines) is 1. The maximum atomic E-state index is 12.8. The smallest absolute Gasteiger partial charge is 0.243 e. The van der Waals surface area contributed by atoms with Crippen LogP contribution in [0.25, 0.3) is 11.0 Å². The van der Waals surface area contributed by atoms with Crippen molar-refractivity contribution >= 4 is 22.8 Å². The van der Waals surface area contributed by atoms with Crippen LogP contribution in [-0.4, -0.2) is 38.9 Å². The second-order valence-corrected chi connectivity index (χ2v) is 6.46. The molecule has 0 spiro atoms. The summed E-state index contributed by atoms with van der Waals surface area (Å²) in [6.45, 7) is 6.88. The fourth-order valence-corrected chi connectivity index (χ4v) is 3.37. The van der Waals surface area contributed by atoms with Crippen molar-refractivity contribution in [1.82, 2.24) is 19.8 Å². The number of imidazole rings is 1. The lowest BCUT2D eigenvalue weighted by molar-refractivity contribution is -0.135. The Labute approximate surface area is 147 Å². The van der Waals surface area contributed by atoms with E-state index in [2.05, 4.69) is 23.8 Å². The molecule has 3 rings (SSSR count). The lowest BCUT2D eigenvalue weighted by Crippen LogP contribution is -2.43. The molecule has 0 saturated carbocycles. The second-order valence-electron chi connectivity index (χ2n) is 6.46. The molecular formula is C19H24N4O2. The highest BCUT2D eigenvalue weighted by Crippen LogP contribution is 2.20. The molecule has 1 N–H and O–H groups in total. The van der Waals surface area contributed by atoms with Crippen molar-refractivity contribution in [3.05, 3.63) is 42.7 Å². The van der Waals surface area contributed by atoms with Gasteiger partial charge in [0.1, 0.15) is 12.4 Å². The van der Waals surface area contributed by atoms with Gasteiger partial charge < -0.3 is 14.8 Å². The summed E-state index contributed by atoms with van der Waals surface area (Å²) >= 11 is 0. The maximum Gasteiger partial charge on any atom is 0.243 e. The Balaban J connectivity index is 1.86. The fraction of sp³-hybridized carbons (Fsp3) is 0.421. The maximum absolute atomic E-state index is 12.8. The van der Waals surface area contributed by atoms with E-state index in [-0.39, 0.29) is 30.9 Å². The molecule has 1 unspecified atom stereocenters. The predicted molar refractivity (Wildman–Crippen MR) is 96.8 cm³/mol. The lowest BCUT2D eigenvalue weighted by Gasteiger charge is -2.33. The molecule has 1 atom stereocenters. The number of carbonyl (C=O) groups is 2. The number of hydrogen-bond acceptors (Lipinski definition) is 3. The number of hydrogen-bond donors (Lipinski definition) is 1. The van der Waals surface area contributed by atoms with E-state index in [4.69, 9.17) is 0 Å². The molecular weight excluding hydrogens is 316 g/mol. The Morgan fingerprint density at radius 3 is 2.92 bits per heavy atom. The molecule has 6 heteroatoms. The van der Waals surface area contributed by atoms with Gasteiger partial charge in [0.25, 0.3) is 0 Å². The van der Waals surface area contributed by atoms with Crippen molar-refractivity contribution in [2.24, 2.45) is 0 Å². The number of amides is 2. The number of nitrogens with one attached hydrogen (secondary N) is 1. The number of benzene rings is 1. The molecule has 0 aliphatic carbocycles. The van der Waals surface area contributed by atoms with E-state index in [1.165, 1.54) is 12.5 Å². The molecule has 2 aromatic rings. The Hall–Kier alpha value is -2.63. The van der Waals surface area contributed by atoms with Crippen LogP contribution in [0.2, 0.25) is 0 Å². The van der Waals surface area contributed by atoms with Crippen molar-refractivity contribution in [3.8, 4) is 0 Å². The van der Waals surface area contributed by atoms with Gasteiger partial charge in [-0.25, -0.2) is 4.98 Å². The normalized spacial score (nSPS) is 17.5. The number of fused-ring (bicyclic) bond motifs is 1. The highest BCUT2D eigenvalue weighted by molar-refractivity contribution is 5.87. The number of nitrogens with zero attached hydrogens (tertiary/aromatic N) is 3. The van der Waals surface area contributed by atoms with Crippen molar-refractivity contribution in [3.63, 3.8) is 0 Å². The quantitative estimate of drug-likeness (QED) is 0.849. The van der Waals surface area contributed by atoms with Crippen LogP contribution >= 0.6 is 0 Å². The van der Waals surface area contributed by atoms with Crippen molar-refractivity contribution in [2.45, 2.75) is 45.3 Å². The van der Waals surface area contributed by atoms with Gasteiger partial charge in [-0.3, -0.25) is 9.59 Å². The first kappa shape index (κ1) is 17.2. The third kappa shape index (κ3) is 3.73. The lowest BCUT2D eigenvalue weighted by atomic mass is 10.0. The van der Waals surface area contributed by atoms with Crippen molar-refractivity contribution in [2.75, 3.05) is 6.54 Å². The minimum absolute atomic E-state index is 0.103. The van der Waals surface area contributed by atoms with Crippen LogP contribution in [0.5, 0.6) is 0 Å². The van der Waals surface area contributed by atoms with Crippen LogP contribution in [0.15, 0.2) is 36.9 Å². The number of aromatic nitrogens is 2. The van der Waals surface area contributed by atoms with Gasteiger partial charge in [-0.1, -0.05) is 18.7 Å². The molecule has 0 bridgehead atoms. The largest absolute Gasteiger partial charge is 0.345 e. The van der Waals surface area contributed by atoms with Gasteiger partial charge in [-0.2, -0.15) is 0 Å². The van der Waals surface area contributed by atoms with E-state index in [0.717, 1.165) is 30.4 Å². The molecule has 6 nitrogen and oxygen atoms in total. The van der Waals surface area contributed by atoms with Gasteiger partial charge >= 0.3 is 0 Å². The zero-order chi connectivity index (χ0) is 17.8. The standard InChI is InChI=1S/C19H24N4O2/c1-3-18(24)20-12-17-21-15-9-4-5-10-16(15)23(17)13-19(25)22-11-7-6-8-14(22)2/h3-5,9-10,14H,1,6-8,11-13H2,2H3,(H,20,24). The summed E-state index contributed by atoms with van der Waals surface area (Å²) in [4.78, 5) is 30.9. The molecule has 1 aromatic carbocycles. The first-order chi connectivity index (χ1) is 12.1. The third-order valence-electron chi connectivity index (χ3n) is 4.76. The van der Waals surface area contributed by atoms with Gasteiger partial charge in [0.05, 0.1) is 17.6 Å². The topological polar surface area (TPSA) is 67.2 Å². The van der Waals surface area contributed by atoms with E-state index in [1.807, 2.05) is 33.7 Å². The summed E-state index contributed by atoms with van der Waals surface area (Å²) in [7, 11) is 0. The minimum atomic E-state index is -0.255. The number of piperidine rings is 1. The summed E-state index contributed by atoms with van der Waals surface area (Å²) in [5.41, 5.74) is 1.73. The van der Waals surface area contributed by atoms with Crippen LogP contribution in [-0.2, 0) is 22.7 Å². The van der Waals surface area contributed by atoms with E-state index >= 15 is 0 Å². The van der Waals surface area contributed by atoms with Gasteiger partial charge in [0, 0.05) is 12.6 Å². The van der Waals surface area contributed by atoms with Crippen LogP contribution in [0, 0.1) is 0 Å². The second kappa shape index (κ2) is 7.51. The van der Waals surface area contributed by atoms with E-state index < -0.39 is 0 Å². The first-order valence-corrected chi connectivity index (χ1v) is 8.74. The monoisotopic (exact) mass is 340 g/mol. The molecule has 1 aliphatic rings. The highest BCUT2D eigenvalue weighted by atomic mass is 16.2. The Morgan fingerprint density at radius 1 is 1.36 bits per heavy atom. The minimum Gasteiger partial charge on any atom is -0.345 e. The molecule has 0 radical (unpaired) electrons. The summed E-state index contributed by atoms with van der Waals surface area (Å²) in [6, 6.07) is 7.99. The van der Waals surface area contributed by atoms with Crippen molar-refractivity contribution < 1.29 is 9.59 Å². The van der Waals surface area contributed by atoms with Gasteiger partial charge in [0.2, 0.25) is 11.8 Å². The molecule has 2 amide bonds. The molecule has 1 fully saturated rings. The summed E-state index contributed by atoms with van der Waals surface area (Å²) in [6.07, 6.45) is 4.52. The number of para-hydroxylation sites is 2. The summed E-state index contributed by atoms with van der Waals surface area (Å²) in [5, 5.41) is 2.75. The number of carbonyl (C=O) groups excluding carboxylic acids is 2. The fourth-order valence-electron chi connectivity index (χ4n) is 3.37. The average Bonchev–Trinajstić information content (AvgIpc) is 2.97. The zero-order valence-electron chi connectivity index (χ0n) is 14.6. The van der Waals surface area contributed by atoms with Gasteiger partial charge in [-0.15, -0.1) is 0 Å². The van der Waals surface area contributed by atoms with E-state index in [0.29, 0.717) is 5.82 Å².